The van der Waals surface area contributed by atoms with Crippen LogP contribution in [0.3, 0.4) is 0 Å². The number of benzene rings is 1. The first-order valence-electron chi connectivity index (χ1n) is 12.4. The van der Waals surface area contributed by atoms with Gasteiger partial charge in [0.15, 0.2) is 11.5 Å². The highest BCUT2D eigenvalue weighted by atomic mass is 16.6. The van der Waals surface area contributed by atoms with Crippen LogP contribution in [0, 0.1) is 10.1 Å². The lowest BCUT2D eigenvalue weighted by Gasteiger charge is -2.40. The summed E-state index contributed by atoms with van der Waals surface area (Å²) in [4.78, 5) is 34.5. The number of carbonyl (C=O) groups excluding carboxylic acids is 2. The molecular formula is C24H37N3O12. The van der Waals surface area contributed by atoms with Crippen molar-refractivity contribution < 1.29 is 53.5 Å². The zero-order valence-corrected chi connectivity index (χ0v) is 22.2. The van der Waals surface area contributed by atoms with Crippen molar-refractivity contribution in [1.29, 1.82) is 0 Å². The molecule has 2 rings (SSSR count). The Bertz CT molecular complexity index is 963. The summed E-state index contributed by atoms with van der Waals surface area (Å²) in [5.41, 5.74) is -0.205. The van der Waals surface area contributed by atoms with E-state index in [2.05, 4.69) is 10.6 Å². The molecule has 0 aliphatic carbocycles. The standard InChI is InChI=1S/C24H37N3O12/c1-14-22(31)23(32)24(36-3)19(39-14)12-37-13-21(30)26-7-6-25-20(29)5-4-8-38-18-10-16(27(33)34)15(11-28)9-17(18)35-2/h9-10,14,19,22-24,28,31-32H,4-8,11-13H2,1-3H3,(H,25,29)(H,26,30). The van der Waals surface area contributed by atoms with Crippen molar-refractivity contribution in [2.45, 2.75) is 56.9 Å². The summed E-state index contributed by atoms with van der Waals surface area (Å²) in [7, 11) is 2.75. The number of hydrogen-bond acceptors (Lipinski definition) is 12. The van der Waals surface area contributed by atoms with Crippen LogP contribution in [0.15, 0.2) is 12.1 Å². The number of nitrogens with one attached hydrogen (secondary N) is 2. The summed E-state index contributed by atoms with van der Waals surface area (Å²) in [6.45, 7) is 1.25. The topological polar surface area (TPSA) is 208 Å². The van der Waals surface area contributed by atoms with E-state index in [-0.39, 0.29) is 68.0 Å². The largest absolute Gasteiger partial charge is 0.493 e. The molecule has 39 heavy (non-hydrogen) atoms. The Morgan fingerprint density at radius 3 is 2.41 bits per heavy atom. The number of nitrogens with zero attached hydrogens (tertiary/aromatic N) is 1. The van der Waals surface area contributed by atoms with Gasteiger partial charge in [-0.25, -0.2) is 0 Å². The van der Waals surface area contributed by atoms with Crippen LogP contribution in [-0.2, 0) is 30.4 Å². The summed E-state index contributed by atoms with van der Waals surface area (Å²) in [5.74, 6) is -0.328. The number of hydrogen-bond donors (Lipinski definition) is 5. The molecule has 1 saturated heterocycles. The third-order valence-electron chi connectivity index (χ3n) is 6.02. The van der Waals surface area contributed by atoms with Crippen LogP contribution in [-0.4, -0.2) is 110 Å². The summed E-state index contributed by atoms with van der Waals surface area (Å²) in [5, 5.41) is 45.7. The van der Waals surface area contributed by atoms with Crippen LogP contribution in [0.2, 0.25) is 0 Å². The lowest BCUT2D eigenvalue weighted by atomic mass is 9.96. The van der Waals surface area contributed by atoms with Gasteiger partial charge >= 0.3 is 0 Å². The van der Waals surface area contributed by atoms with E-state index in [0.717, 1.165) is 0 Å². The minimum absolute atomic E-state index is 0.0242. The van der Waals surface area contributed by atoms with Crippen LogP contribution in [0.5, 0.6) is 11.5 Å². The molecule has 2 amide bonds. The van der Waals surface area contributed by atoms with E-state index >= 15 is 0 Å². The molecule has 220 valence electrons. The van der Waals surface area contributed by atoms with Crippen molar-refractivity contribution in [3.05, 3.63) is 27.8 Å². The smallest absolute Gasteiger partial charge is 0.278 e. The molecule has 1 heterocycles. The van der Waals surface area contributed by atoms with Gasteiger partial charge in [0.2, 0.25) is 11.8 Å². The number of nitro benzene ring substituents is 1. The molecule has 0 spiro atoms. The lowest BCUT2D eigenvalue weighted by molar-refractivity contribution is -0.385. The molecule has 1 aliphatic heterocycles. The van der Waals surface area contributed by atoms with Crippen molar-refractivity contribution in [3.8, 4) is 11.5 Å². The van der Waals surface area contributed by atoms with E-state index < -0.39 is 48.0 Å². The highest BCUT2D eigenvalue weighted by Crippen LogP contribution is 2.34. The van der Waals surface area contributed by atoms with Crippen molar-refractivity contribution in [1.82, 2.24) is 10.6 Å². The zero-order valence-electron chi connectivity index (χ0n) is 22.2. The summed E-state index contributed by atoms with van der Waals surface area (Å²) in [6, 6.07) is 2.50. The van der Waals surface area contributed by atoms with Crippen molar-refractivity contribution in [2.75, 3.05) is 47.1 Å². The molecule has 1 aliphatic rings. The molecule has 1 aromatic rings. The lowest BCUT2D eigenvalue weighted by Crippen LogP contribution is -2.58. The first-order valence-corrected chi connectivity index (χ1v) is 12.4. The molecule has 15 heteroatoms. The van der Waals surface area contributed by atoms with E-state index in [1.807, 2.05) is 0 Å². The molecule has 0 bridgehead atoms. The number of methoxy groups -OCH3 is 2. The van der Waals surface area contributed by atoms with Gasteiger partial charge in [-0.05, 0) is 19.4 Å². The summed E-state index contributed by atoms with van der Waals surface area (Å²) < 4.78 is 26.8. The van der Waals surface area contributed by atoms with Crippen LogP contribution < -0.4 is 20.1 Å². The minimum atomic E-state index is -1.14. The monoisotopic (exact) mass is 559 g/mol. The molecule has 0 radical (unpaired) electrons. The summed E-state index contributed by atoms with van der Waals surface area (Å²) in [6.07, 6.45) is -3.86. The molecular weight excluding hydrogens is 522 g/mol. The Hall–Kier alpha value is -3.08. The molecule has 1 aromatic carbocycles. The predicted octanol–water partition coefficient (Wildman–Crippen LogP) is -0.972. The average Bonchev–Trinajstić information content (AvgIpc) is 2.91. The second kappa shape index (κ2) is 16.1. The van der Waals surface area contributed by atoms with Gasteiger partial charge in [0.05, 0.1) is 49.6 Å². The first kappa shape index (κ1) is 32.1. The number of rotatable bonds is 16. The van der Waals surface area contributed by atoms with Gasteiger partial charge in [0.1, 0.15) is 31.0 Å². The SMILES string of the molecule is COc1cc(CO)c([N+](=O)[O-])cc1OCCCC(=O)NCCNC(=O)COCC1OC(C)C(O)C(O)C1OC. The minimum Gasteiger partial charge on any atom is -0.493 e. The molecule has 0 saturated carbocycles. The van der Waals surface area contributed by atoms with E-state index in [1.54, 1.807) is 6.92 Å². The molecule has 5 unspecified atom stereocenters. The number of aliphatic hydroxyl groups is 3. The Morgan fingerprint density at radius 1 is 1.10 bits per heavy atom. The molecule has 15 nitrogen and oxygen atoms in total. The second-order valence-electron chi connectivity index (χ2n) is 8.78. The number of nitro groups is 1. The fourth-order valence-electron chi connectivity index (χ4n) is 3.94. The molecule has 5 atom stereocenters. The first-order chi connectivity index (χ1) is 18.6. The van der Waals surface area contributed by atoms with Gasteiger partial charge in [0.25, 0.3) is 5.69 Å². The molecule has 0 aromatic heterocycles. The fourth-order valence-corrected chi connectivity index (χ4v) is 3.94. The highest BCUT2D eigenvalue weighted by molar-refractivity contribution is 5.77. The Balaban J connectivity index is 1.61. The Labute approximate surface area is 225 Å². The van der Waals surface area contributed by atoms with Gasteiger partial charge in [-0.2, -0.15) is 0 Å². The van der Waals surface area contributed by atoms with Crippen LogP contribution in [0.1, 0.15) is 25.3 Å². The average molecular weight is 560 g/mol. The van der Waals surface area contributed by atoms with Gasteiger partial charge in [-0.3, -0.25) is 19.7 Å². The van der Waals surface area contributed by atoms with Gasteiger partial charge in [-0.15, -0.1) is 0 Å². The van der Waals surface area contributed by atoms with Gasteiger partial charge in [0, 0.05) is 26.6 Å². The van der Waals surface area contributed by atoms with E-state index in [4.69, 9.17) is 23.7 Å². The van der Waals surface area contributed by atoms with Crippen molar-refractivity contribution >= 4 is 17.5 Å². The summed E-state index contributed by atoms with van der Waals surface area (Å²) >= 11 is 0. The van der Waals surface area contributed by atoms with Crippen LogP contribution in [0.25, 0.3) is 0 Å². The zero-order chi connectivity index (χ0) is 28.9. The maximum absolute atomic E-state index is 12.0. The molecule has 5 N–H and O–H groups in total. The number of ether oxygens (including phenoxy) is 5. The Morgan fingerprint density at radius 2 is 1.79 bits per heavy atom. The van der Waals surface area contributed by atoms with Crippen LogP contribution in [0.4, 0.5) is 5.69 Å². The number of carbonyl (C=O) groups is 2. The maximum atomic E-state index is 12.0. The predicted molar refractivity (Wildman–Crippen MR) is 134 cm³/mol. The fraction of sp³-hybridized carbons (Fsp3) is 0.667. The maximum Gasteiger partial charge on any atom is 0.278 e. The van der Waals surface area contributed by atoms with E-state index in [1.165, 1.54) is 26.4 Å². The Kier molecular flexibility index (Phi) is 13.3. The van der Waals surface area contributed by atoms with Crippen LogP contribution >= 0.6 is 0 Å². The number of amides is 2. The quantitative estimate of drug-likeness (QED) is 0.0941. The normalized spacial score (nSPS) is 22.7. The highest BCUT2D eigenvalue weighted by Gasteiger charge is 2.43. The third-order valence-corrected chi connectivity index (χ3v) is 6.02. The third kappa shape index (κ3) is 9.56. The van der Waals surface area contributed by atoms with Gasteiger partial charge < -0.3 is 49.6 Å². The second-order valence-corrected chi connectivity index (χ2v) is 8.78. The van der Waals surface area contributed by atoms with Gasteiger partial charge in [-0.1, -0.05) is 0 Å². The van der Waals surface area contributed by atoms with E-state index in [9.17, 15) is 35.0 Å². The number of aliphatic hydroxyl groups excluding tert-OH is 3. The van der Waals surface area contributed by atoms with Crippen molar-refractivity contribution in [3.63, 3.8) is 0 Å². The van der Waals surface area contributed by atoms with Crippen molar-refractivity contribution in [2.24, 2.45) is 0 Å². The molecule has 1 fully saturated rings. The van der Waals surface area contributed by atoms with E-state index in [0.29, 0.717) is 6.42 Å².